The van der Waals surface area contributed by atoms with Crippen LogP contribution >= 0.6 is 0 Å². The molecule has 2 rings (SSSR count). The standard InChI is InChI=1S/C17H31FN2O3/c1-17(2,3)23-16(22)19-14-5-4-13(21)10-15(14)20-8-6-12(11-18)7-9-20/h12-15,21H,4-11H2,1-3H3,(H,19,22). The van der Waals surface area contributed by atoms with Gasteiger partial charge in [0.1, 0.15) is 5.60 Å². The predicted octanol–water partition coefficient (Wildman–Crippen LogP) is 2.47. The minimum absolute atomic E-state index is 0.0184. The van der Waals surface area contributed by atoms with Crippen LogP contribution in [0.25, 0.3) is 0 Å². The number of aliphatic hydroxyl groups excluding tert-OH is 1. The molecule has 1 saturated heterocycles. The van der Waals surface area contributed by atoms with Crippen LogP contribution in [0.2, 0.25) is 0 Å². The highest BCUT2D eigenvalue weighted by Gasteiger charge is 2.36. The minimum Gasteiger partial charge on any atom is -0.444 e. The molecule has 3 unspecified atom stereocenters. The maximum Gasteiger partial charge on any atom is 0.407 e. The Morgan fingerprint density at radius 3 is 2.48 bits per heavy atom. The van der Waals surface area contributed by atoms with E-state index in [1.165, 1.54) is 0 Å². The van der Waals surface area contributed by atoms with Crippen molar-refractivity contribution in [2.75, 3.05) is 19.8 Å². The number of halogens is 1. The van der Waals surface area contributed by atoms with Crippen LogP contribution in [-0.4, -0.2) is 59.7 Å². The summed E-state index contributed by atoms with van der Waals surface area (Å²) in [5.74, 6) is 0.164. The second kappa shape index (κ2) is 7.79. The summed E-state index contributed by atoms with van der Waals surface area (Å²) in [4.78, 5) is 14.4. The maximum atomic E-state index is 12.8. The van der Waals surface area contributed by atoms with E-state index in [4.69, 9.17) is 4.74 Å². The predicted molar refractivity (Wildman–Crippen MR) is 87.1 cm³/mol. The Hall–Kier alpha value is -0.880. The Kier molecular flexibility index (Phi) is 6.26. The van der Waals surface area contributed by atoms with Gasteiger partial charge in [-0.3, -0.25) is 9.29 Å². The third kappa shape index (κ3) is 5.60. The molecule has 1 heterocycles. The average Bonchev–Trinajstić information content (AvgIpc) is 2.47. The molecule has 2 N–H and O–H groups in total. The number of likely N-dealkylation sites (tertiary alicyclic amines) is 1. The zero-order valence-electron chi connectivity index (χ0n) is 14.6. The van der Waals surface area contributed by atoms with Gasteiger partial charge in [-0.15, -0.1) is 0 Å². The summed E-state index contributed by atoms with van der Waals surface area (Å²) < 4.78 is 18.1. The van der Waals surface area contributed by atoms with Gasteiger partial charge in [0.2, 0.25) is 0 Å². The van der Waals surface area contributed by atoms with Crippen molar-refractivity contribution < 1.29 is 19.0 Å². The first-order valence-corrected chi connectivity index (χ1v) is 8.76. The Bertz CT molecular complexity index is 392. The average molecular weight is 330 g/mol. The number of aliphatic hydroxyl groups is 1. The van der Waals surface area contributed by atoms with E-state index < -0.39 is 11.7 Å². The Labute approximate surface area is 138 Å². The van der Waals surface area contributed by atoms with Crippen LogP contribution in [0.4, 0.5) is 9.18 Å². The van der Waals surface area contributed by atoms with Gasteiger partial charge in [-0.2, -0.15) is 0 Å². The molecule has 6 heteroatoms. The number of ether oxygens (including phenoxy) is 1. The largest absolute Gasteiger partial charge is 0.444 e. The smallest absolute Gasteiger partial charge is 0.407 e. The van der Waals surface area contributed by atoms with Gasteiger partial charge in [-0.1, -0.05) is 0 Å². The fourth-order valence-electron chi connectivity index (χ4n) is 3.59. The van der Waals surface area contributed by atoms with Crippen molar-refractivity contribution in [3.05, 3.63) is 0 Å². The lowest BCUT2D eigenvalue weighted by Crippen LogP contribution is -2.57. The van der Waals surface area contributed by atoms with Crippen LogP contribution < -0.4 is 5.32 Å². The summed E-state index contributed by atoms with van der Waals surface area (Å²) in [6.45, 7) is 6.95. The molecule has 1 saturated carbocycles. The molecule has 1 aliphatic carbocycles. The van der Waals surface area contributed by atoms with Crippen molar-refractivity contribution in [1.29, 1.82) is 0 Å². The molecule has 3 atom stereocenters. The van der Waals surface area contributed by atoms with Crippen molar-refractivity contribution in [2.45, 2.75) is 76.7 Å². The first-order valence-electron chi connectivity index (χ1n) is 8.76. The van der Waals surface area contributed by atoms with Crippen LogP contribution in [-0.2, 0) is 4.74 Å². The number of alkyl carbamates (subject to hydrolysis) is 1. The van der Waals surface area contributed by atoms with Crippen LogP contribution in [0.1, 0.15) is 52.9 Å². The fourth-order valence-corrected chi connectivity index (χ4v) is 3.59. The van der Waals surface area contributed by atoms with Gasteiger partial charge in [0.15, 0.2) is 0 Å². The molecule has 0 radical (unpaired) electrons. The molecule has 0 aromatic heterocycles. The van der Waals surface area contributed by atoms with E-state index in [0.29, 0.717) is 12.8 Å². The highest BCUT2D eigenvalue weighted by Crippen LogP contribution is 2.28. The zero-order valence-corrected chi connectivity index (χ0v) is 14.6. The van der Waals surface area contributed by atoms with Gasteiger partial charge < -0.3 is 15.2 Å². The van der Waals surface area contributed by atoms with E-state index in [0.717, 1.165) is 32.4 Å². The normalized spacial score (nSPS) is 30.9. The second-order valence-corrected chi connectivity index (χ2v) is 7.92. The third-order valence-electron chi connectivity index (χ3n) is 4.83. The van der Waals surface area contributed by atoms with Crippen LogP contribution in [0.15, 0.2) is 0 Å². The quantitative estimate of drug-likeness (QED) is 0.834. The Morgan fingerprint density at radius 2 is 1.91 bits per heavy atom. The molecule has 2 aliphatic rings. The van der Waals surface area contributed by atoms with Crippen LogP contribution in [0.3, 0.4) is 0 Å². The van der Waals surface area contributed by atoms with Crippen molar-refractivity contribution in [1.82, 2.24) is 10.2 Å². The molecule has 2 fully saturated rings. The van der Waals surface area contributed by atoms with Crippen LogP contribution in [0, 0.1) is 5.92 Å². The van der Waals surface area contributed by atoms with E-state index in [9.17, 15) is 14.3 Å². The molecule has 0 spiro atoms. The summed E-state index contributed by atoms with van der Waals surface area (Å²) in [6.07, 6.45) is 3.07. The van der Waals surface area contributed by atoms with Crippen molar-refractivity contribution >= 4 is 6.09 Å². The Balaban J connectivity index is 1.95. The number of nitrogens with one attached hydrogen (secondary N) is 1. The van der Waals surface area contributed by atoms with Gasteiger partial charge in [-0.05, 0) is 71.9 Å². The lowest BCUT2D eigenvalue weighted by Gasteiger charge is -2.44. The first-order chi connectivity index (χ1) is 10.8. The van der Waals surface area contributed by atoms with Crippen molar-refractivity contribution in [2.24, 2.45) is 5.92 Å². The number of rotatable bonds is 3. The fraction of sp³-hybridized carbons (Fsp3) is 0.941. The number of alkyl halides is 1. The monoisotopic (exact) mass is 330 g/mol. The third-order valence-corrected chi connectivity index (χ3v) is 4.83. The zero-order chi connectivity index (χ0) is 17.0. The number of carbonyl (C=O) groups is 1. The highest BCUT2D eigenvalue weighted by molar-refractivity contribution is 5.68. The van der Waals surface area contributed by atoms with Crippen molar-refractivity contribution in [3.63, 3.8) is 0 Å². The minimum atomic E-state index is -0.521. The van der Waals surface area contributed by atoms with E-state index in [-0.39, 0.29) is 30.8 Å². The molecule has 5 nitrogen and oxygen atoms in total. The number of nitrogens with zero attached hydrogens (tertiary/aromatic N) is 1. The summed E-state index contributed by atoms with van der Waals surface area (Å²) in [5, 5.41) is 13.0. The lowest BCUT2D eigenvalue weighted by atomic mass is 9.85. The maximum absolute atomic E-state index is 12.8. The summed E-state index contributed by atoms with van der Waals surface area (Å²) >= 11 is 0. The van der Waals surface area contributed by atoms with E-state index >= 15 is 0 Å². The number of hydrogen-bond acceptors (Lipinski definition) is 4. The molecular formula is C17H31FN2O3. The summed E-state index contributed by atoms with van der Waals surface area (Å²) in [5.41, 5.74) is -0.521. The highest BCUT2D eigenvalue weighted by atomic mass is 19.1. The number of piperidine rings is 1. The second-order valence-electron chi connectivity index (χ2n) is 7.92. The van der Waals surface area contributed by atoms with Gasteiger partial charge in [0.25, 0.3) is 0 Å². The topological polar surface area (TPSA) is 61.8 Å². The summed E-state index contributed by atoms with van der Waals surface area (Å²) in [7, 11) is 0. The Morgan fingerprint density at radius 1 is 1.26 bits per heavy atom. The van der Waals surface area contributed by atoms with Crippen molar-refractivity contribution in [3.8, 4) is 0 Å². The molecule has 0 bridgehead atoms. The molecule has 1 amide bonds. The van der Waals surface area contributed by atoms with Gasteiger partial charge in [0.05, 0.1) is 12.8 Å². The van der Waals surface area contributed by atoms with Gasteiger partial charge in [-0.25, -0.2) is 4.79 Å². The summed E-state index contributed by atoms with van der Waals surface area (Å²) in [6, 6.07) is 0.0852. The molecular weight excluding hydrogens is 299 g/mol. The first kappa shape index (κ1) is 18.5. The molecule has 0 aromatic carbocycles. The molecule has 23 heavy (non-hydrogen) atoms. The van der Waals surface area contributed by atoms with E-state index in [1.54, 1.807) is 0 Å². The number of amides is 1. The number of carbonyl (C=O) groups excluding carboxylic acids is 1. The number of hydrogen-bond donors (Lipinski definition) is 2. The van der Waals surface area contributed by atoms with Gasteiger partial charge >= 0.3 is 6.09 Å². The lowest BCUT2D eigenvalue weighted by molar-refractivity contribution is 0.0122. The van der Waals surface area contributed by atoms with Gasteiger partial charge in [0, 0.05) is 12.1 Å². The van der Waals surface area contributed by atoms with Crippen LogP contribution in [0.5, 0.6) is 0 Å². The van der Waals surface area contributed by atoms with E-state index in [2.05, 4.69) is 10.2 Å². The SMILES string of the molecule is CC(C)(C)OC(=O)NC1CCC(O)CC1N1CCC(CF)CC1. The van der Waals surface area contributed by atoms with E-state index in [1.807, 2.05) is 20.8 Å². The molecule has 134 valence electrons. The molecule has 1 aliphatic heterocycles. The molecule has 0 aromatic rings.